The van der Waals surface area contributed by atoms with Gasteiger partial charge in [0.2, 0.25) is 0 Å². The number of carbonyl (C=O) groups excluding carboxylic acids is 1. The Labute approximate surface area is 124 Å². The molecule has 0 aliphatic carbocycles. The van der Waals surface area contributed by atoms with Gasteiger partial charge in [-0.15, -0.1) is 0 Å². The van der Waals surface area contributed by atoms with E-state index in [1.54, 1.807) is 0 Å². The average Bonchev–Trinajstić information content (AvgIpc) is 2.77. The lowest BCUT2D eigenvalue weighted by Gasteiger charge is -2.34. The van der Waals surface area contributed by atoms with Crippen molar-refractivity contribution >= 4 is 12.0 Å². The second-order valence-electron chi connectivity index (χ2n) is 6.19. The van der Waals surface area contributed by atoms with Crippen molar-refractivity contribution in [1.82, 2.24) is 10.6 Å². The van der Waals surface area contributed by atoms with E-state index in [0.29, 0.717) is 32.7 Å². The fourth-order valence-corrected chi connectivity index (χ4v) is 2.78. The van der Waals surface area contributed by atoms with Crippen LogP contribution >= 0.6 is 0 Å². The molecule has 3 N–H and O–H groups in total. The van der Waals surface area contributed by atoms with Gasteiger partial charge in [0.1, 0.15) is 0 Å². The van der Waals surface area contributed by atoms with E-state index in [-0.39, 0.29) is 18.7 Å². The molecule has 0 spiro atoms. The summed E-state index contributed by atoms with van der Waals surface area (Å²) in [5, 5.41) is 15.0. The molecule has 2 atom stereocenters. The highest BCUT2D eigenvalue weighted by molar-refractivity contribution is 5.78. The molecule has 2 saturated heterocycles. The molecule has 2 aliphatic rings. The lowest BCUT2D eigenvalue weighted by molar-refractivity contribution is -0.154. The lowest BCUT2D eigenvalue weighted by atomic mass is 9.80. The zero-order chi connectivity index (χ0) is 15.5. The standard InChI is InChI=1S/C14H24N2O5/c1-10-13(2,3-8-21-10)16-12(19)15-9-14(11(17)18)4-6-20-7-5-14/h10H,3-9H2,1-2H3,(H,17,18)(H2,15,16,19). The maximum absolute atomic E-state index is 12.1. The Hall–Kier alpha value is -1.34. The maximum atomic E-state index is 12.1. The van der Waals surface area contributed by atoms with E-state index in [0.717, 1.165) is 6.42 Å². The number of rotatable bonds is 4. The highest BCUT2D eigenvalue weighted by atomic mass is 16.5. The molecule has 7 nitrogen and oxygen atoms in total. The van der Waals surface area contributed by atoms with Crippen LogP contribution in [-0.2, 0) is 14.3 Å². The van der Waals surface area contributed by atoms with Gasteiger partial charge in [0.15, 0.2) is 0 Å². The Kier molecular flexibility index (Phi) is 4.73. The average molecular weight is 300 g/mol. The fourth-order valence-electron chi connectivity index (χ4n) is 2.78. The van der Waals surface area contributed by atoms with E-state index in [1.807, 2.05) is 13.8 Å². The number of amides is 2. The first-order chi connectivity index (χ1) is 9.88. The number of nitrogens with one attached hydrogen (secondary N) is 2. The van der Waals surface area contributed by atoms with Gasteiger partial charge in [-0.3, -0.25) is 4.79 Å². The molecule has 2 amide bonds. The maximum Gasteiger partial charge on any atom is 0.315 e. The van der Waals surface area contributed by atoms with Gasteiger partial charge in [-0.1, -0.05) is 0 Å². The van der Waals surface area contributed by atoms with Crippen molar-refractivity contribution in [1.29, 1.82) is 0 Å². The smallest absolute Gasteiger partial charge is 0.315 e. The minimum absolute atomic E-state index is 0.0558. The van der Waals surface area contributed by atoms with E-state index >= 15 is 0 Å². The van der Waals surface area contributed by atoms with Crippen molar-refractivity contribution in [2.45, 2.75) is 44.8 Å². The number of hydrogen-bond acceptors (Lipinski definition) is 4. The van der Waals surface area contributed by atoms with Gasteiger partial charge in [0.05, 0.1) is 17.1 Å². The fraction of sp³-hybridized carbons (Fsp3) is 0.857. The van der Waals surface area contributed by atoms with E-state index in [9.17, 15) is 14.7 Å². The summed E-state index contributed by atoms with van der Waals surface area (Å²) in [5.41, 5.74) is -1.33. The molecule has 21 heavy (non-hydrogen) atoms. The zero-order valence-electron chi connectivity index (χ0n) is 12.6. The first-order valence-electron chi connectivity index (χ1n) is 7.37. The Bertz CT molecular complexity index is 408. The summed E-state index contributed by atoms with van der Waals surface area (Å²) in [6.45, 7) is 5.42. The first-order valence-corrected chi connectivity index (χ1v) is 7.37. The van der Waals surface area contributed by atoms with Crippen molar-refractivity contribution < 1.29 is 24.2 Å². The highest BCUT2D eigenvalue weighted by Gasteiger charge is 2.42. The van der Waals surface area contributed by atoms with Crippen LogP contribution in [0.5, 0.6) is 0 Å². The first kappa shape index (κ1) is 16.0. The SMILES string of the molecule is CC1OCCC1(C)NC(=O)NCC1(C(=O)O)CCOCC1. The summed E-state index contributed by atoms with van der Waals surface area (Å²) in [5.74, 6) is -0.880. The number of hydrogen-bond donors (Lipinski definition) is 3. The van der Waals surface area contributed by atoms with Crippen LogP contribution in [0.15, 0.2) is 0 Å². The summed E-state index contributed by atoms with van der Waals surface area (Å²) in [7, 11) is 0. The summed E-state index contributed by atoms with van der Waals surface area (Å²) in [6.07, 6.45) is 1.53. The number of carboxylic acids is 1. The Morgan fingerprint density at radius 2 is 1.90 bits per heavy atom. The molecule has 0 aromatic heterocycles. The number of aliphatic carboxylic acids is 1. The number of urea groups is 1. The predicted molar refractivity (Wildman–Crippen MR) is 75.1 cm³/mol. The highest BCUT2D eigenvalue weighted by Crippen LogP contribution is 2.30. The minimum Gasteiger partial charge on any atom is -0.481 e. The normalized spacial score (nSPS) is 31.6. The molecule has 2 fully saturated rings. The summed E-state index contributed by atoms with van der Waals surface area (Å²) < 4.78 is 10.7. The van der Waals surface area contributed by atoms with Crippen LogP contribution < -0.4 is 10.6 Å². The second kappa shape index (κ2) is 6.19. The van der Waals surface area contributed by atoms with Crippen LogP contribution in [0, 0.1) is 5.41 Å². The molecule has 0 saturated carbocycles. The predicted octanol–water partition coefficient (Wildman–Crippen LogP) is 0.735. The van der Waals surface area contributed by atoms with Crippen LogP contribution in [0.2, 0.25) is 0 Å². The summed E-state index contributed by atoms with van der Waals surface area (Å²) in [4.78, 5) is 23.6. The molecule has 0 aromatic rings. The van der Waals surface area contributed by atoms with E-state index in [1.165, 1.54) is 0 Å². The summed E-state index contributed by atoms with van der Waals surface area (Å²) in [6, 6.07) is -0.345. The van der Waals surface area contributed by atoms with Gasteiger partial charge in [0, 0.05) is 26.4 Å². The molecule has 0 bridgehead atoms. The Morgan fingerprint density at radius 3 is 2.43 bits per heavy atom. The van der Waals surface area contributed by atoms with E-state index < -0.39 is 16.9 Å². The number of ether oxygens (including phenoxy) is 2. The quantitative estimate of drug-likeness (QED) is 0.711. The minimum atomic E-state index is -0.922. The Balaban J connectivity index is 1.89. The molecule has 2 rings (SSSR count). The van der Waals surface area contributed by atoms with Gasteiger partial charge in [0.25, 0.3) is 0 Å². The van der Waals surface area contributed by atoms with Gasteiger partial charge >= 0.3 is 12.0 Å². The largest absolute Gasteiger partial charge is 0.481 e. The Morgan fingerprint density at radius 1 is 1.24 bits per heavy atom. The van der Waals surface area contributed by atoms with Crippen LogP contribution in [0.25, 0.3) is 0 Å². The van der Waals surface area contributed by atoms with Crippen molar-refractivity contribution in [2.75, 3.05) is 26.4 Å². The van der Waals surface area contributed by atoms with Gasteiger partial charge in [-0.2, -0.15) is 0 Å². The van der Waals surface area contributed by atoms with Crippen LogP contribution in [0.3, 0.4) is 0 Å². The number of carbonyl (C=O) groups is 2. The monoisotopic (exact) mass is 300 g/mol. The van der Waals surface area contributed by atoms with Crippen molar-refractivity contribution in [3.63, 3.8) is 0 Å². The van der Waals surface area contributed by atoms with Crippen LogP contribution in [0.1, 0.15) is 33.1 Å². The van der Waals surface area contributed by atoms with Crippen LogP contribution in [0.4, 0.5) is 4.79 Å². The van der Waals surface area contributed by atoms with Gasteiger partial charge < -0.3 is 25.2 Å². The van der Waals surface area contributed by atoms with Crippen molar-refractivity contribution in [3.8, 4) is 0 Å². The third-order valence-corrected chi connectivity index (χ3v) is 4.78. The van der Waals surface area contributed by atoms with Crippen LogP contribution in [-0.4, -0.2) is 55.1 Å². The zero-order valence-corrected chi connectivity index (χ0v) is 12.6. The molecule has 2 aliphatic heterocycles. The van der Waals surface area contributed by atoms with Crippen molar-refractivity contribution in [3.05, 3.63) is 0 Å². The molecule has 2 unspecified atom stereocenters. The van der Waals surface area contributed by atoms with Crippen molar-refractivity contribution in [2.24, 2.45) is 5.41 Å². The summed E-state index contributed by atoms with van der Waals surface area (Å²) >= 11 is 0. The third kappa shape index (κ3) is 3.47. The topological polar surface area (TPSA) is 96.9 Å². The molecular weight excluding hydrogens is 276 g/mol. The lowest BCUT2D eigenvalue weighted by Crippen LogP contribution is -2.56. The molecule has 2 heterocycles. The van der Waals surface area contributed by atoms with Gasteiger partial charge in [-0.05, 0) is 33.1 Å². The van der Waals surface area contributed by atoms with E-state index in [2.05, 4.69) is 10.6 Å². The van der Waals surface area contributed by atoms with E-state index in [4.69, 9.17) is 9.47 Å². The third-order valence-electron chi connectivity index (χ3n) is 4.78. The number of carboxylic acid groups (broad SMARTS) is 1. The molecule has 0 aromatic carbocycles. The van der Waals surface area contributed by atoms with Gasteiger partial charge in [-0.25, -0.2) is 4.79 Å². The molecular formula is C14H24N2O5. The molecule has 120 valence electrons. The second-order valence-corrected chi connectivity index (χ2v) is 6.19. The molecule has 0 radical (unpaired) electrons. The molecule has 7 heteroatoms.